The predicted octanol–water partition coefficient (Wildman–Crippen LogP) is 1.62. The second kappa shape index (κ2) is 7.73. The van der Waals surface area contributed by atoms with E-state index in [0.717, 1.165) is 25.8 Å². The number of aryl methyl sites for hydroxylation is 1. The highest BCUT2D eigenvalue weighted by Crippen LogP contribution is 2.35. The van der Waals surface area contributed by atoms with Gasteiger partial charge in [0, 0.05) is 38.1 Å². The normalized spacial score (nSPS) is 18.3. The highest BCUT2D eigenvalue weighted by molar-refractivity contribution is 5.34. The average molecular weight is 315 g/mol. The van der Waals surface area contributed by atoms with Crippen LogP contribution in [0.2, 0.25) is 0 Å². The van der Waals surface area contributed by atoms with Gasteiger partial charge in [-0.15, -0.1) is 0 Å². The molecular formula is C18H25N3O2. The van der Waals surface area contributed by atoms with Crippen molar-refractivity contribution in [3.05, 3.63) is 53.9 Å². The van der Waals surface area contributed by atoms with E-state index in [-0.39, 0.29) is 6.61 Å². The average Bonchev–Trinajstić information content (AvgIpc) is 3.20. The zero-order valence-electron chi connectivity index (χ0n) is 13.4. The first kappa shape index (κ1) is 16.2. The lowest BCUT2D eigenvalue weighted by atomic mass is 10.1. The van der Waals surface area contributed by atoms with Gasteiger partial charge in [-0.1, -0.05) is 24.3 Å². The Labute approximate surface area is 137 Å². The summed E-state index contributed by atoms with van der Waals surface area (Å²) in [5.74, 6) is 0. The molecule has 1 aliphatic rings. The number of benzene rings is 1. The fourth-order valence-corrected chi connectivity index (χ4v) is 3.51. The molecule has 23 heavy (non-hydrogen) atoms. The van der Waals surface area contributed by atoms with Gasteiger partial charge in [-0.25, -0.2) is 0 Å². The Kier molecular flexibility index (Phi) is 5.43. The van der Waals surface area contributed by atoms with Crippen LogP contribution in [0.15, 0.2) is 42.7 Å². The number of rotatable bonds is 8. The van der Waals surface area contributed by atoms with Crippen LogP contribution in [0, 0.1) is 0 Å². The van der Waals surface area contributed by atoms with Crippen molar-refractivity contribution in [1.29, 1.82) is 0 Å². The van der Waals surface area contributed by atoms with Crippen molar-refractivity contribution in [1.82, 2.24) is 14.7 Å². The second-order valence-electron chi connectivity index (χ2n) is 6.21. The molecule has 0 amide bonds. The van der Waals surface area contributed by atoms with E-state index in [0.29, 0.717) is 19.1 Å². The van der Waals surface area contributed by atoms with E-state index in [1.165, 1.54) is 11.1 Å². The molecule has 0 saturated carbocycles. The van der Waals surface area contributed by atoms with Crippen LogP contribution in [-0.2, 0) is 13.0 Å². The number of hydrogen-bond acceptors (Lipinski definition) is 4. The first-order valence-corrected chi connectivity index (χ1v) is 8.36. The third-order valence-corrected chi connectivity index (χ3v) is 4.55. The zero-order chi connectivity index (χ0) is 16.1. The predicted molar refractivity (Wildman–Crippen MR) is 89.0 cm³/mol. The first-order valence-electron chi connectivity index (χ1n) is 8.36. The summed E-state index contributed by atoms with van der Waals surface area (Å²) in [6.07, 6.45) is 6.02. The van der Waals surface area contributed by atoms with Crippen molar-refractivity contribution in [2.24, 2.45) is 0 Å². The van der Waals surface area contributed by atoms with E-state index in [2.05, 4.69) is 34.3 Å². The van der Waals surface area contributed by atoms with Gasteiger partial charge in [0.25, 0.3) is 0 Å². The minimum atomic E-state index is -0.471. The van der Waals surface area contributed by atoms with Gasteiger partial charge in [0.05, 0.1) is 12.6 Å². The van der Waals surface area contributed by atoms with Crippen LogP contribution < -0.4 is 0 Å². The van der Waals surface area contributed by atoms with Gasteiger partial charge < -0.3 is 10.2 Å². The molecule has 0 spiro atoms. The van der Waals surface area contributed by atoms with E-state index in [9.17, 15) is 10.2 Å². The molecule has 2 N–H and O–H groups in total. The quantitative estimate of drug-likeness (QED) is 0.777. The molecule has 3 rings (SSSR count). The molecule has 2 atom stereocenters. The van der Waals surface area contributed by atoms with E-state index in [1.54, 1.807) is 10.9 Å². The Balaban J connectivity index is 1.68. The number of hydrogen-bond donors (Lipinski definition) is 2. The maximum Gasteiger partial charge on any atom is 0.0862 e. The molecule has 0 aliphatic heterocycles. The van der Waals surface area contributed by atoms with E-state index in [1.807, 2.05) is 12.3 Å². The van der Waals surface area contributed by atoms with E-state index < -0.39 is 6.10 Å². The molecule has 5 nitrogen and oxygen atoms in total. The highest BCUT2D eigenvalue weighted by atomic mass is 16.3. The number of aliphatic hydroxyl groups is 2. The fraction of sp³-hybridized carbons (Fsp3) is 0.500. The van der Waals surface area contributed by atoms with Gasteiger partial charge in [-0.3, -0.25) is 9.58 Å². The van der Waals surface area contributed by atoms with Gasteiger partial charge in [0.2, 0.25) is 0 Å². The van der Waals surface area contributed by atoms with E-state index >= 15 is 0 Å². The number of aliphatic hydroxyl groups excluding tert-OH is 2. The largest absolute Gasteiger partial charge is 0.396 e. The molecular weight excluding hydrogens is 290 g/mol. The molecule has 5 heteroatoms. The van der Waals surface area contributed by atoms with Crippen molar-refractivity contribution < 1.29 is 10.2 Å². The first-order chi connectivity index (χ1) is 11.3. The molecule has 1 heterocycles. The van der Waals surface area contributed by atoms with Crippen LogP contribution >= 0.6 is 0 Å². The van der Waals surface area contributed by atoms with Crippen molar-refractivity contribution in [2.75, 3.05) is 19.7 Å². The Morgan fingerprint density at radius 2 is 2.17 bits per heavy atom. The third-order valence-electron chi connectivity index (χ3n) is 4.55. The summed E-state index contributed by atoms with van der Waals surface area (Å²) in [4.78, 5) is 2.32. The topological polar surface area (TPSA) is 61.5 Å². The Morgan fingerprint density at radius 1 is 1.30 bits per heavy atom. The van der Waals surface area contributed by atoms with Crippen molar-refractivity contribution in [3.63, 3.8) is 0 Å². The van der Waals surface area contributed by atoms with Crippen molar-refractivity contribution >= 4 is 0 Å². The molecule has 0 radical (unpaired) electrons. The number of nitrogens with zero attached hydrogens (tertiary/aromatic N) is 3. The minimum absolute atomic E-state index is 0.181. The van der Waals surface area contributed by atoms with Crippen LogP contribution in [0.25, 0.3) is 0 Å². The molecule has 124 valence electrons. The second-order valence-corrected chi connectivity index (χ2v) is 6.21. The van der Waals surface area contributed by atoms with Crippen LogP contribution in [-0.4, -0.2) is 50.7 Å². The third kappa shape index (κ3) is 3.99. The van der Waals surface area contributed by atoms with Crippen LogP contribution in [0.5, 0.6) is 0 Å². The van der Waals surface area contributed by atoms with Gasteiger partial charge in [-0.2, -0.15) is 5.10 Å². The lowest BCUT2D eigenvalue weighted by molar-refractivity contribution is 0.0683. The standard InChI is InChI=1S/C18H25N3O2/c22-12-4-10-20(13-16(23)14-21-11-3-9-19-21)18-8-7-15-5-1-2-6-17(15)18/h1-3,5-6,9,11,16,18,22-23H,4,7-8,10,12-14H2/t16-,18+/m0/s1. The van der Waals surface area contributed by atoms with Crippen molar-refractivity contribution in [2.45, 2.75) is 38.0 Å². The lowest BCUT2D eigenvalue weighted by Crippen LogP contribution is -2.38. The lowest BCUT2D eigenvalue weighted by Gasteiger charge is -2.31. The van der Waals surface area contributed by atoms with Gasteiger partial charge in [0.15, 0.2) is 0 Å². The zero-order valence-corrected chi connectivity index (χ0v) is 13.4. The smallest absolute Gasteiger partial charge is 0.0862 e. The maximum absolute atomic E-state index is 10.4. The number of fused-ring (bicyclic) bond motifs is 1. The molecule has 0 saturated heterocycles. The highest BCUT2D eigenvalue weighted by Gasteiger charge is 2.28. The van der Waals surface area contributed by atoms with Gasteiger partial charge in [-0.05, 0) is 36.5 Å². The summed E-state index contributed by atoms with van der Waals surface area (Å²) in [5, 5.41) is 23.8. The monoisotopic (exact) mass is 315 g/mol. The number of aromatic nitrogens is 2. The summed E-state index contributed by atoms with van der Waals surface area (Å²) in [5.41, 5.74) is 2.78. The van der Waals surface area contributed by atoms with Crippen molar-refractivity contribution in [3.8, 4) is 0 Å². The van der Waals surface area contributed by atoms with Crippen LogP contribution in [0.1, 0.15) is 30.0 Å². The minimum Gasteiger partial charge on any atom is -0.396 e. The summed E-state index contributed by atoms with van der Waals surface area (Å²) >= 11 is 0. The van der Waals surface area contributed by atoms with Crippen LogP contribution in [0.3, 0.4) is 0 Å². The molecule has 0 fully saturated rings. The van der Waals surface area contributed by atoms with Crippen LogP contribution in [0.4, 0.5) is 0 Å². The summed E-state index contributed by atoms with van der Waals surface area (Å²) in [6.45, 7) is 2.07. The summed E-state index contributed by atoms with van der Waals surface area (Å²) < 4.78 is 1.76. The molecule has 0 unspecified atom stereocenters. The Hall–Kier alpha value is -1.69. The van der Waals surface area contributed by atoms with Gasteiger partial charge >= 0.3 is 0 Å². The molecule has 1 aromatic carbocycles. The molecule has 1 aliphatic carbocycles. The maximum atomic E-state index is 10.4. The SMILES string of the molecule is OCCCN(C[C@H](O)Cn1cccn1)[C@@H]1CCc2ccccc21. The fourth-order valence-electron chi connectivity index (χ4n) is 3.51. The van der Waals surface area contributed by atoms with E-state index in [4.69, 9.17) is 0 Å². The molecule has 2 aromatic rings. The molecule has 1 aromatic heterocycles. The summed E-state index contributed by atoms with van der Waals surface area (Å²) in [7, 11) is 0. The van der Waals surface area contributed by atoms with Gasteiger partial charge in [0.1, 0.15) is 0 Å². The summed E-state index contributed by atoms with van der Waals surface area (Å²) in [6, 6.07) is 10.8. The Morgan fingerprint density at radius 3 is 2.96 bits per heavy atom. The molecule has 0 bridgehead atoms. The Bertz CT molecular complexity index is 600.